The van der Waals surface area contributed by atoms with Gasteiger partial charge in [-0.15, -0.1) is 11.3 Å². The molecule has 0 fully saturated rings. The zero-order valence-electron chi connectivity index (χ0n) is 15.2. The number of unbranched alkanes of at least 4 members (excludes halogenated alkanes) is 2. The Labute approximate surface area is 167 Å². The zero-order valence-corrected chi connectivity index (χ0v) is 16.9. The molecule has 3 rings (SSSR count). The molecule has 7 heteroatoms. The Morgan fingerprint density at radius 1 is 1.22 bits per heavy atom. The first kappa shape index (κ1) is 19.5. The van der Waals surface area contributed by atoms with Crippen molar-refractivity contribution in [2.45, 2.75) is 45.2 Å². The van der Waals surface area contributed by atoms with Crippen molar-refractivity contribution in [3.63, 3.8) is 0 Å². The molecular formula is C20H23N3O2S2. The molecule has 0 saturated carbocycles. The first-order valence-corrected chi connectivity index (χ1v) is 10.4. The fourth-order valence-electron chi connectivity index (χ4n) is 3.04. The molecule has 0 aliphatic heterocycles. The number of fused-ring (bicyclic) bond motifs is 1. The van der Waals surface area contributed by atoms with E-state index in [1.165, 1.54) is 11.3 Å². The van der Waals surface area contributed by atoms with Crippen LogP contribution in [0.5, 0.6) is 0 Å². The van der Waals surface area contributed by atoms with Crippen LogP contribution in [-0.2, 0) is 11.3 Å². The van der Waals surface area contributed by atoms with Gasteiger partial charge in [0.05, 0.1) is 11.6 Å². The summed E-state index contributed by atoms with van der Waals surface area (Å²) in [7, 11) is 0. The van der Waals surface area contributed by atoms with Gasteiger partial charge in [0, 0.05) is 13.0 Å². The van der Waals surface area contributed by atoms with Gasteiger partial charge in [-0.1, -0.05) is 36.8 Å². The third kappa shape index (κ3) is 4.93. The average Bonchev–Trinajstić information content (AvgIpc) is 3.13. The zero-order chi connectivity index (χ0) is 19.2. The second kappa shape index (κ2) is 9.10. The van der Waals surface area contributed by atoms with Crippen LogP contribution < -0.4 is 10.9 Å². The maximum Gasteiger partial charge on any atom is 0.272 e. The molecule has 1 atom stereocenters. The van der Waals surface area contributed by atoms with E-state index in [1.54, 1.807) is 4.57 Å². The molecule has 0 unspecified atom stereocenters. The number of rotatable bonds is 8. The minimum absolute atomic E-state index is 0.00751. The molecule has 0 aliphatic rings. The molecule has 3 aromatic rings. The second-order valence-corrected chi connectivity index (χ2v) is 7.86. The summed E-state index contributed by atoms with van der Waals surface area (Å²) >= 11 is 6.72. The molecule has 2 aromatic heterocycles. The molecule has 0 saturated heterocycles. The quantitative estimate of drug-likeness (QED) is 0.430. The van der Waals surface area contributed by atoms with E-state index in [4.69, 9.17) is 12.2 Å². The molecule has 0 aliphatic carbocycles. The van der Waals surface area contributed by atoms with E-state index in [-0.39, 0.29) is 17.5 Å². The molecule has 27 heavy (non-hydrogen) atoms. The molecule has 0 spiro atoms. The predicted molar refractivity (Wildman–Crippen MR) is 113 cm³/mol. The highest BCUT2D eigenvalue weighted by Crippen LogP contribution is 2.15. The Morgan fingerprint density at radius 3 is 2.78 bits per heavy atom. The van der Waals surface area contributed by atoms with Crippen molar-refractivity contribution in [3.8, 4) is 0 Å². The van der Waals surface area contributed by atoms with Gasteiger partial charge in [0.2, 0.25) is 5.91 Å². The van der Waals surface area contributed by atoms with Crippen LogP contribution in [0.3, 0.4) is 0 Å². The van der Waals surface area contributed by atoms with Crippen molar-refractivity contribution >= 4 is 39.7 Å². The number of benzene rings is 1. The van der Waals surface area contributed by atoms with Gasteiger partial charge in [0.25, 0.3) is 5.56 Å². The van der Waals surface area contributed by atoms with Gasteiger partial charge in [-0.25, -0.2) is 0 Å². The van der Waals surface area contributed by atoms with Crippen LogP contribution >= 0.6 is 23.6 Å². The van der Waals surface area contributed by atoms with Crippen LogP contribution in [-0.4, -0.2) is 15.5 Å². The second-order valence-electron chi connectivity index (χ2n) is 6.56. The minimum atomic E-state index is -0.0295. The van der Waals surface area contributed by atoms with E-state index in [0.717, 1.165) is 30.3 Å². The van der Waals surface area contributed by atoms with Crippen LogP contribution in [0.2, 0.25) is 0 Å². The standard InChI is InChI=1S/C20H23N3O2S2/c1-14(15-8-4-2-5-9-15)21-17(24)10-6-3-7-12-23-19(25)18-16(11-13-27-18)22-20(23)26/h2,4-5,8-9,11,13-14H,3,6-7,10,12H2,1H3,(H,21,24)(H,22,26)/t14-/m1/s1. The summed E-state index contributed by atoms with van der Waals surface area (Å²) in [6.45, 7) is 2.56. The van der Waals surface area contributed by atoms with E-state index in [0.29, 0.717) is 22.4 Å². The first-order valence-electron chi connectivity index (χ1n) is 9.11. The Hall–Kier alpha value is -2.25. The third-order valence-corrected chi connectivity index (χ3v) is 5.78. The summed E-state index contributed by atoms with van der Waals surface area (Å²) in [5.41, 5.74) is 1.87. The SMILES string of the molecule is C[C@@H](NC(=O)CCCCCn1c(=S)[nH]c2ccsc2c1=O)c1ccccc1. The molecule has 2 heterocycles. The number of aromatic amines is 1. The Balaban J connectivity index is 1.44. The topological polar surface area (TPSA) is 66.9 Å². The molecular weight excluding hydrogens is 378 g/mol. The summed E-state index contributed by atoms with van der Waals surface area (Å²) in [6.07, 6.45) is 2.97. The molecule has 5 nitrogen and oxygen atoms in total. The van der Waals surface area contributed by atoms with Crippen molar-refractivity contribution < 1.29 is 4.79 Å². The summed E-state index contributed by atoms with van der Waals surface area (Å²) in [5.74, 6) is 0.0563. The number of aromatic nitrogens is 2. The first-order chi connectivity index (χ1) is 13.1. The largest absolute Gasteiger partial charge is 0.350 e. The van der Waals surface area contributed by atoms with Gasteiger partial charge in [-0.05, 0) is 49.0 Å². The maximum absolute atomic E-state index is 12.5. The number of H-pyrrole nitrogens is 1. The van der Waals surface area contributed by atoms with E-state index in [9.17, 15) is 9.59 Å². The summed E-state index contributed by atoms with van der Waals surface area (Å²) in [4.78, 5) is 27.7. The Kier molecular flexibility index (Phi) is 6.58. The molecule has 0 bridgehead atoms. The van der Waals surface area contributed by atoms with Crippen molar-refractivity contribution in [1.29, 1.82) is 0 Å². The van der Waals surface area contributed by atoms with E-state index in [2.05, 4.69) is 10.3 Å². The van der Waals surface area contributed by atoms with Crippen LogP contribution in [0, 0.1) is 4.77 Å². The van der Waals surface area contributed by atoms with Gasteiger partial charge >= 0.3 is 0 Å². The van der Waals surface area contributed by atoms with Crippen LogP contribution in [0.4, 0.5) is 0 Å². The molecule has 1 aromatic carbocycles. The lowest BCUT2D eigenvalue weighted by Gasteiger charge is -2.14. The number of amides is 1. The van der Waals surface area contributed by atoms with Crippen molar-refractivity contribution in [1.82, 2.24) is 14.9 Å². The summed E-state index contributed by atoms with van der Waals surface area (Å²) < 4.78 is 2.78. The summed E-state index contributed by atoms with van der Waals surface area (Å²) in [6, 6.07) is 11.8. The molecule has 0 radical (unpaired) electrons. The number of nitrogens with one attached hydrogen (secondary N) is 2. The van der Waals surface area contributed by atoms with Crippen LogP contribution in [0.1, 0.15) is 44.2 Å². The Morgan fingerprint density at radius 2 is 2.00 bits per heavy atom. The molecule has 142 valence electrons. The highest BCUT2D eigenvalue weighted by Gasteiger charge is 2.09. The monoisotopic (exact) mass is 401 g/mol. The van der Waals surface area contributed by atoms with Crippen LogP contribution in [0.25, 0.3) is 10.2 Å². The van der Waals surface area contributed by atoms with Crippen molar-refractivity contribution in [3.05, 3.63) is 62.5 Å². The maximum atomic E-state index is 12.5. The van der Waals surface area contributed by atoms with E-state index < -0.39 is 0 Å². The number of hydrogen-bond acceptors (Lipinski definition) is 4. The van der Waals surface area contributed by atoms with Gasteiger partial charge in [-0.2, -0.15) is 0 Å². The smallest absolute Gasteiger partial charge is 0.272 e. The average molecular weight is 402 g/mol. The fourth-order valence-corrected chi connectivity index (χ4v) is 4.13. The minimum Gasteiger partial charge on any atom is -0.350 e. The highest BCUT2D eigenvalue weighted by molar-refractivity contribution is 7.71. The lowest BCUT2D eigenvalue weighted by molar-refractivity contribution is -0.121. The summed E-state index contributed by atoms with van der Waals surface area (Å²) in [5, 5.41) is 4.91. The normalized spacial score (nSPS) is 12.2. The van der Waals surface area contributed by atoms with Crippen molar-refractivity contribution in [2.75, 3.05) is 0 Å². The number of carbonyl (C=O) groups is 1. The van der Waals surface area contributed by atoms with Gasteiger partial charge in [0.1, 0.15) is 4.70 Å². The number of nitrogens with zero attached hydrogens (tertiary/aromatic N) is 1. The van der Waals surface area contributed by atoms with E-state index >= 15 is 0 Å². The lowest BCUT2D eigenvalue weighted by Crippen LogP contribution is -2.26. The van der Waals surface area contributed by atoms with Crippen molar-refractivity contribution in [2.24, 2.45) is 0 Å². The van der Waals surface area contributed by atoms with Gasteiger partial charge in [0.15, 0.2) is 4.77 Å². The Bertz CT molecular complexity index is 1020. The number of thiophene rings is 1. The van der Waals surface area contributed by atoms with Gasteiger partial charge < -0.3 is 10.3 Å². The fraction of sp³-hybridized carbons (Fsp3) is 0.350. The predicted octanol–water partition coefficient (Wildman–Crippen LogP) is 4.56. The highest BCUT2D eigenvalue weighted by atomic mass is 32.1. The number of carbonyl (C=O) groups excluding carboxylic acids is 1. The third-order valence-electron chi connectivity index (χ3n) is 4.55. The van der Waals surface area contributed by atoms with Crippen LogP contribution in [0.15, 0.2) is 46.6 Å². The molecule has 2 N–H and O–H groups in total. The lowest BCUT2D eigenvalue weighted by atomic mass is 10.1. The van der Waals surface area contributed by atoms with E-state index in [1.807, 2.05) is 48.7 Å². The molecule has 1 amide bonds. The van der Waals surface area contributed by atoms with Gasteiger partial charge in [-0.3, -0.25) is 14.2 Å². The number of hydrogen-bond donors (Lipinski definition) is 2.